The number of hydrogen-bond donors (Lipinski definition) is 0. The predicted molar refractivity (Wildman–Crippen MR) is 101 cm³/mol. The van der Waals surface area contributed by atoms with Gasteiger partial charge in [-0.3, -0.25) is 4.79 Å². The van der Waals surface area contributed by atoms with Crippen molar-refractivity contribution in [3.05, 3.63) is 30.1 Å². The first-order chi connectivity index (χ1) is 11.4. The van der Waals surface area contributed by atoms with E-state index in [-0.39, 0.29) is 5.41 Å². The van der Waals surface area contributed by atoms with Gasteiger partial charge in [-0.1, -0.05) is 26.0 Å². The van der Waals surface area contributed by atoms with E-state index >= 15 is 0 Å². The molecule has 5 heteroatoms. The number of fused-ring (bicyclic) bond motifs is 1. The summed E-state index contributed by atoms with van der Waals surface area (Å²) in [4.78, 5) is 19.5. The largest absolute Gasteiger partial charge is 0.342 e. The lowest BCUT2D eigenvalue weighted by atomic mass is 9.92. The molecular formula is C19H27N3OS. The van der Waals surface area contributed by atoms with Crippen molar-refractivity contribution in [3.8, 4) is 0 Å². The maximum atomic E-state index is 12.8. The van der Waals surface area contributed by atoms with Gasteiger partial charge >= 0.3 is 0 Å². The average Bonchev–Trinajstić information content (AvgIpc) is 2.90. The summed E-state index contributed by atoms with van der Waals surface area (Å²) in [6, 6.07) is 8.76. The van der Waals surface area contributed by atoms with Crippen molar-refractivity contribution >= 4 is 28.7 Å². The monoisotopic (exact) mass is 345 g/mol. The number of benzene rings is 1. The highest BCUT2D eigenvalue weighted by Gasteiger charge is 2.34. The molecule has 0 spiro atoms. The molecule has 24 heavy (non-hydrogen) atoms. The average molecular weight is 346 g/mol. The Morgan fingerprint density at radius 1 is 1.29 bits per heavy atom. The number of carbonyl (C=O) groups excluding carboxylic acids is 1. The molecule has 1 saturated heterocycles. The Hall–Kier alpha value is -1.49. The van der Waals surface area contributed by atoms with Gasteiger partial charge in [-0.05, 0) is 38.2 Å². The number of likely N-dealkylation sites (tertiary alicyclic amines) is 1. The number of thioether (sulfide) groups is 1. The van der Waals surface area contributed by atoms with Crippen molar-refractivity contribution < 1.29 is 4.79 Å². The fraction of sp³-hybridized carbons (Fsp3) is 0.579. The minimum Gasteiger partial charge on any atom is -0.342 e. The molecule has 1 aromatic heterocycles. The maximum absolute atomic E-state index is 12.8. The molecule has 1 fully saturated rings. The van der Waals surface area contributed by atoms with Gasteiger partial charge in [0.25, 0.3) is 0 Å². The zero-order valence-corrected chi connectivity index (χ0v) is 15.9. The van der Waals surface area contributed by atoms with Crippen LogP contribution >= 0.6 is 11.8 Å². The number of aryl methyl sites for hydroxylation is 1. The Morgan fingerprint density at radius 3 is 2.62 bits per heavy atom. The quantitative estimate of drug-likeness (QED) is 0.843. The number of para-hydroxylation sites is 2. The van der Waals surface area contributed by atoms with Crippen LogP contribution in [-0.4, -0.2) is 45.5 Å². The zero-order chi connectivity index (χ0) is 17.3. The van der Waals surface area contributed by atoms with Crippen molar-refractivity contribution in [1.29, 1.82) is 0 Å². The molecule has 1 aliphatic rings. The molecule has 1 amide bonds. The fourth-order valence-electron chi connectivity index (χ4n) is 3.80. The summed E-state index contributed by atoms with van der Waals surface area (Å²) in [5.74, 6) is 2.24. The Bertz CT molecular complexity index is 729. The van der Waals surface area contributed by atoms with E-state index in [9.17, 15) is 4.79 Å². The fourth-order valence-corrected chi connectivity index (χ4v) is 4.65. The summed E-state index contributed by atoms with van der Waals surface area (Å²) in [6.45, 7) is 7.89. The van der Waals surface area contributed by atoms with E-state index in [0.717, 1.165) is 43.0 Å². The van der Waals surface area contributed by atoms with E-state index in [1.54, 1.807) is 11.8 Å². The van der Waals surface area contributed by atoms with Crippen LogP contribution < -0.4 is 0 Å². The van der Waals surface area contributed by atoms with Gasteiger partial charge in [0.05, 0.1) is 16.4 Å². The number of aromatic nitrogens is 2. The van der Waals surface area contributed by atoms with Gasteiger partial charge in [0, 0.05) is 24.9 Å². The minimum absolute atomic E-state index is 0.274. The van der Waals surface area contributed by atoms with Gasteiger partial charge < -0.3 is 9.47 Å². The Kier molecular flexibility index (Phi) is 4.90. The normalized spacial score (nSPS) is 16.8. The number of nitrogens with zero attached hydrogens (tertiary/aromatic N) is 3. The third-order valence-corrected chi connectivity index (χ3v) is 5.98. The molecule has 1 aromatic carbocycles. The number of imidazole rings is 1. The lowest BCUT2D eigenvalue weighted by Crippen LogP contribution is -2.46. The zero-order valence-electron chi connectivity index (χ0n) is 15.1. The van der Waals surface area contributed by atoms with Gasteiger partial charge in [-0.25, -0.2) is 4.98 Å². The lowest BCUT2D eigenvalue weighted by Gasteiger charge is -2.37. The predicted octanol–water partition coefficient (Wildman–Crippen LogP) is 3.90. The van der Waals surface area contributed by atoms with Crippen molar-refractivity contribution in [3.63, 3.8) is 0 Å². The van der Waals surface area contributed by atoms with Crippen LogP contribution in [0.3, 0.4) is 0 Å². The molecular weight excluding hydrogens is 318 g/mol. The first-order valence-electron chi connectivity index (χ1n) is 8.66. The number of piperidine rings is 1. The van der Waals surface area contributed by atoms with Crippen LogP contribution in [-0.2, 0) is 4.79 Å². The third-order valence-electron chi connectivity index (χ3n) is 4.97. The van der Waals surface area contributed by atoms with Crippen LogP contribution in [0.25, 0.3) is 11.0 Å². The Balaban J connectivity index is 1.73. The summed E-state index contributed by atoms with van der Waals surface area (Å²) in [5, 5.41) is 0. The highest BCUT2D eigenvalue weighted by molar-refractivity contribution is 7.98. The van der Waals surface area contributed by atoms with E-state index in [4.69, 9.17) is 0 Å². The first-order valence-corrected chi connectivity index (χ1v) is 10.1. The third kappa shape index (κ3) is 3.18. The lowest BCUT2D eigenvalue weighted by molar-refractivity contribution is -0.140. The molecule has 0 N–H and O–H groups in total. The topological polar surface area (TPSA) is 38.1 Å². The van der Waals surface area contributed by atoms with Gasteiger partial charge in [-0.2, -0.15) is 11.8 Å². The highest BCUT2D eigenvalue weighted by Crippen LogP contribution is 2.31. The summed E-state index contributed by atoms with van der Waals surface area (Å²) >= 11 is 1.74. The standard InChI is InChI=1S/C19H27N3OS/c1-14-20-16-7-5-6-8-17(16)22(14)15-9-11-21(12-10-15)18(23)19(2,3)13-24-4/h5-8,15H,9-13H2,1-4H3. The van der Waals surface area contributed by atoms with Gasteiger partial charge in [0.2, 0.25) is 5.91 Å². The molecule has 0 saturated carbocycles. The number of hydrogen-bond acceptors (Lipinski definition) is 3. The maximum Gasteiger partial charge on any atom is 0.229 e. The highest BCUT2D eigenvalue weighted by atomic mass is 32.2. The van der Waals surface area contributed by atoms with Crippen molar-refractivity contribution in [2.24, 2.45) is 5.41 Å². The van der Waals surface area contributed by atoms with Gasteiger partial charge in [0.15, 0.2) is 0 Å². The molecule has 4 nitrogen and oxygen atoms in total. The molecule has 0 radical (unpaired) electrons. The second-order valence-electron chi connectivity index (χ2n) is 7.36. The van der Waals surface area contributed by atoms with E-state index in [1.165, 1.54) is 5.52 Å². The van der Waals surface area contributed by atoms with Crippen LogP contribution in [0.5, 0.6) is 0 Å². The van der Waals surface area contributed by atoms with Crippen molar-refractivity contribution in [1.82, 2.24) is 14.5 Å². The van der Waals surface area contributed by atoms with Crippen LogP contribution in [0.4, 0.5) is 0 Å². The number of rotatable bonds is 4. The van der Waals surface area contributed by atoms with Crippen LogP contribution in [0.1, 0.15) is 38.6 Å². The molecule has 0 bridgehead atoms. The summed E-state index contributed by atoms with van der Waals surface area (Å²) in [5.41, 5.74) is 2.00. The van der Waals surface area contributed by atoms with Gasteiger partial charge in [0.1, 0.15) is 5.82 Å². The molecule has 1 aliphatic heterocycles. The second kappa shape index (κ2) is 6.79. The van der Waals surface area contributed by atoms with E-state index in [2.05, 4.69) is 59.7 Å². The van der Waals surface area contributed by atoms with E-state index < -0.39 is 0 Å². The first kappa shape index (κ1) is 17.3. The minimum atomic E-state index is -0.274. The molecule has 2 aromatic rings. The SMILES string of the molecule is CSCC(C)(C)C(=O)N1CCC(n2c(C)nc3ccccc32)CC1. The molecule has 0 aliphatic carbocycles. The summed E-state index contributed by atoms with van der Waals surface area (Å²) < 4.78 is 2.37. The van der Waals surface area contributed by atoms with Crippen LogP contribution in [0.15, 0.2) is 24.3 Å². The van der Waals surface area contributed by atoms with E-state index in [0.29, 0.717) is 11.9 Å². The van der Waals surface area contributed by atoms with Crippen molar-refractivity contribution in [2.45, 2.75) is 39.7 Å². The van der Waals surface area contributed by atoms with Crippen molar-refractivity contribution in [2.75, 3.05) is 25.1 Å². The summed E-state index contributed by atoms with van der Waals surface area (Å²) in [6.07, 6.45) is 4.07. The smallest absolute Gasteiger partial charge is 0.229 e. The molecule has 130 valence electrons. The van der Waals surface area contributed by atoms with Gasteiger partial charge in [-0.15, -0.1) is 0 Å². The van der Waals surface area contributed by atoms with Crippen LogP contribution in [0.2, 0.25) is 0 Å². The van der Waals surface area contributed by atoms with E-state index in [1.807, 2.05) is 6.07 Å². The second-order valence-corrected chi connectivity index (χ2v) is 8.22. The molecule has 0 unspecified atom stereocenters. The Labute approximate surface area is 148 Å². The van der Waals surface area contributed by atoms with Crippen LogP contribution in [0, 0.1) is 12.3 Å². The number of carbonyl (C=O) groups is 1. The molecule has 0 atom stereocenters. The summed E-state index contributed by atoms with van der Waals surface area (Å²) in [7, 11) is 0. The number of amides is 1. The molecule has 3 rings (SSSR count). The Morgan fingerprint density at radius 2 is 1.96 bits per heavy atom. The molecule has 2 heterocycles.